The summed E-state index contributed by atoms with van der Waals surface area (Å²) < 4.78 is 40.8. The zero-order chi connectivity index (χ0) is 18.3. The van der Waals surface area contributed by atoms with Gasteiger partial charge in [0.1, 0.15) is 0 Å². The smallest absolute Gasteiger partial charge is 0.422 e. The number of carbonyl (C=O) groups is 3. The second kappa shape index (κ2) is 5.92. The molecule has 0 aromatic heterocycles. The minimum atomic E-state index is -4.69. The van der Waals surface area contributed by atoms with Gasteiger partial charge in [0.15, 0.2) is 12.4 Å². The Morgan fingerprint density at radius 2 is 1.88 bits per heavy atom. The molecule has 0 fully saturated rings. The number of alkyl halides is 3. The molecule has 1 heterocycles. The van der Waals surface area contributed by atoms with Gasteiger partial charge in [0, 0.05) is 12.0 Å². The van der Waals surface area contributed by atoms with E-state index in [1.54, 1.807) is 6.92 Å². The maximum absolute atomic E-state index is 12.5. The average Bonchev–Trinajstić information content (AvgIpc) is 2.70. The number of rotatable bonds is 3. The second-order valence-corrected chi connectivity index (χ2v) is 5.94. The number of imide groups is 1. The molecule has 1 aliphatic rings. The number of fused-ring (bicyclic) bond motifs is 1. The van der Waals surface area contributed by atoms with E-state index in [2.05, 4.69) is 4.74 Å². The van der Waals surface area contributed by atoms with Crippen molar-refractivity contribution >= 4 is 23.5 Å². The SMILES string of the molecule is CCC(=O)c1ccc2c(c1)C(C)(C)C(=O)N2C(=O)OCC(F)(F)F. The van der Waals surface area contributed by atoms with E-state index in [0.717, 1.165) is 0 Å². The number of amides is 2. The highest BCUT2D eigenvalue weighted by molar-refractivity contribution is 6.21. The topological polar surface area (TPSA) is 63.7 Å². The third-order valence-corrected chi connectivity index (χ3v) is 3.83. The quantitative estimate of drug-likeness (QED) is 0.787. The molecule has 130 valence electrons. The fourth-order valence-corrected chi connectivity index (χ4v) is 2.50. The van der Waals surface area contributed by atoms with Gasteiger partial charge in [-0.15, -0.1) is 0 Å². The molecule has 0 aliphatic carbocycles. The average molecular weight is 343 g/mol. The largest absolute Gasteiger partial charge is 0.439 e. The lowest BCUT2D eigenvalue weighted by molar-refractivity contribution is -0.160. The predicted molar refractivity (Wildman–Crippen MR) is 79.0 cm³/mol. The molecule has 1 aromatic carbocycles. The van der Waals surface area contributed by atoms with Crippen molar-refractivity contribution in [2.24, 2.45) is 0 Å². The van der Waals surface area contributed by atoms with Crippen molar-refractivity contribution in [3.05, 3.63) is 29.3 Å². The predicted octanol–water partition coefficient (Wildman–Crippen LogP) is 3.60. The van der Waals surface area contributed by atoms with Crippen LogP contribution in [0.4, 0.5) is 23.7 Å². The Morgan fingerprint density at radius 1 is 1.25 bits per heavy atom. The second-order valence-electron chi connectivity index (χ2n) is 5.94. The van der Waals surface area contributed by atoms with Crippen molar-refractivity contribution in [2.75, 3.05) is 11.5 Å². The van der Waals surface area contributed by atoms with E-state index in [0.29, 0.717) is 16.0 Å². The Hall–Kier alpha value is -2.38. The molecule has 0 saturated carbocycles. The summed E-state index contributed by atoms with van der Waals surface area (Å²) in [6, 6.07) is 4.30. The number of hydrogen-bond acceptors (Lipinski definition) is 4. The number of hydrogen-bond donors (Lipinski definition) is 0. The number of carbonyl (C=O) groups excluding carboxylic acids is 3. The van der Waals surface area contributed by atoms with Gasteiger partial charge in [0.05, 0.1) is 11.1 Å². The van der Waals surface area contributed by atoms with E-state index >= 15 is 0 Å². The molecule has 2 amide bonds. The summed E-state index contributed by atoms with van der Waals surface area (Å²) in [5.41, 5.74) is -0.250. The van der Waals surface area contributed by atoms with Crippen molar-refractivity contribution in [2.45, 2.75) is 38.8 Å². The van der Waals surface area contributed by atoms with Crippen LogP contribution >= 0.6 is 0 Å². The van der Waals surface area contributed by atoms with E-state index in [4.69, 9.17) is 0 Å². The van der Waals surface area contributed by atoms with Crippen LogP contribution in [0.5, 0.6) is 0 Å². The summed E-state index contributed by atoms with van der Waals surface area (Å²) in [4.78, 5) is 36.8. The zero-order valence-corrected chi connectivity index (χ0v) is 13.4. The first-order chi connectivity index (χ1) is 11.0. The third kappa shape index (κ3) is 3.13. The molecule has 1 aliphatic heterocycles. The summed E-state index contributed by atoms with van der Waals surface area (Å²) >= 11 is 0. The maximum atomic E-state index is 12.5. The van der Waals surface area contributed by atoms with Crippen molar-refractivity contribution in [3.8, 4) is 0 Å². The number of benzene rings is 1. The van der Waals surface area contributed by atoms with Gasteiger partial charge in [0.2, 0.25) is 5.91 Å². The highest BCUT2D eigenvalue weighted by Gasteiger charge is 2.48. The Labute approximate surface area is 136 Å². The molecule has 8 heteroatoms. The van der Waals surface area contributed by atoms with E-state index in [1.165, 1.54) is 32.0 Å². The van der Waals surface area contributed by atoms with Gasteiger partial charge in [-0.1, -0.05) is 6.92 Å². The zero-order valence-electron chi connectivity index (χ0n) is 13.4. The fourth-order valence-electron chi connectivity index (χ4n) is 2.50. The number of ether oxygens (including phenoxy) is 1. The molecular formula is C16H16F3NO4. The monoisotopic (exact) mass is 343 g/mol. The highest BCUT2D eigenvalue weighted by Crippen LogP contribution is 2.42. The van der Waals surface area contributed by atoms with Crippen molar-refractivity contribution < 1.29 is 32.3 Å². The minimum absolute atomic E-state index is 0.129. The summed E-state index contributed by atoms with van der Waals surface area (Å²) in [6.45, 7) is 2.97. The van der Waals surface area contributed by atoms with Crippen molar-refractivity contribution in [1.82, 2.24) is 0 Å². The van der Waals surface area contributed by atoms with Crippen LogP contribution in [0.1, 0.15) is 43.1 Å². The van der Waals surface area contributed by atoms with Gasteiger partial charge in [-0.3, -0.25) is 9.59 Å². The molecule has 24 heavy (non-hydrogen) atoms. The van der Waals surface area contributed by atoms with E-state index in [9.17, 15) is 27.6 Å². The summed E-state index contributed by atoms with van der Waals surface area (Å²) in [5.74, 6) is -0.843. The molecule has 1 aromatic rings. The lowest BCUT2D eigenvalue weighted by Gasteiger charge is -2.18. The van der Waals surface area contributed by atoms with Gasteiger partial charge in [-0.2, -0.15) is 13.2 Å². The number of nitrogens with zero attached hydrogens (tertiary/aromatic N) is 1. The molecule has 0 bridgehead atoms. The van der Waals surface area contributed by atoms with Crippen LogP contribution < -0.4 is 4.90 Å². The highest BCUT2D eigenvalue weighted by atomic mass is 19.4. The van der Waals surface area contributed by atoms with Crippen LogP contribution in [0, 0.1) is 0 Å². The molecule has 0 spiro atoms. The van der Waals surface area contributed by atoms with E-state index in [1.807, 2.05) is 0 Å². The molecule has 0 radical (unpaired) electrons. The number of anilines is 1. The van der Waals surface area contributed by atoms with Crippen LogP contribution in [-0.2, 0) is 14.9 Å². The Kier molecular flexibility index (Phi) is 4.43. The molecule has 2 rings (SSSR count). The number of halogens is 3. The number of Topliss-reactive ketones (excluding diaryl/α,β-unsaturated/α-hetero) is 1. The lowest BCUT2D eigenvalue weighted by Crippen LogP contribution is -2.41. The van der Waals surface area contributed by atoms with Gasteiger partial charge >= 0.3 is 12.3 Å². The van der Waals surface area contributed by atoms with E-state index < -0.39 is 30.2 Å². The Morgan fingerprint density at radius 3 is 2.42 bits per heavy atom. The fraction of sp³-hybridized carbons (Fsp3) is 0.438. The van der Waals surface area contributed by atoms with Gasteiger partial charge in [-0.05, 0) is 37.6 Å². The van der Waals surface area contributed by atoms with Gasteiger partial charge < -0.3 is 4.74 Å². The summed E-state index contributed by atoms with van der Waals surface area (Å²) in [5, 5.41) is 0. The van der Waals surface area contributed by atoms with E-state index in [-0.39, 0.29) is 17.9 Å². The minimum Gasteiger partial charge on any atom is -0.439 e. The maximum Gasteiger partial charge on any atom is 0.422 e. The van der Waals surface area contributed by atoms with Crippen LogP contribution in [0.15, 0.2) is 18.2 Å². The van der Waals surface area contributed by atoms with Crippen molar-refractivity contribution in [1.29, 1.82) is 0 Å². The Balaban J connectivity index is 2.40. The molecule has 0 saturated heterocycles. The summed E-state index contributed by atoms with van der Waals surface area (Å²) in [7, 11) is 0. The van der Waals surface area contributed by atoms with Crippen LogP contribution in [-0.4, -0.2) is 30.6 Å². The first kappa shape index (κ1) is 18.0. The summed E-state index contributed by atoms with van der Waals surface area (Å²) in [6.07, 6.45) is -5.81. The first-order valence-corrected chi connectivity index (χ1v) is 7.25. The third-order valence-electron chi connectivity index (χ3n) is 3.83. The van der Waals surface area contributed by atoms with Gasteiger partial charge in [-0.25, -0.2) is 9.69 Å². The van der Waals surface area contributed by atoms with Crippen LogP contribution in [0.3, 0.4) is 0 Å². The van der Waals surface area contributed by atoms with Crippen LogP contribution in [0.25, 0.3) is 0 Å². The normalized spacial score (nSPS) is 16.1. The molecule has 5 nitrogen and oxygen atoms in total. The molecular weight excluding hydrogens is 327 g/mol. The number of ketones is 1. The molecule has 0 unspecified atom stereocenters. The molecule has 0 atom stereocenters. The Bertz CT molecular complexity index is 710. The lowest BCUT2D eigenvalue weighted by atomic mass is 9.85. The molecule has 0 N–H and O–H groups in total. The standard InChI is InChI=1S/C16H16F3NO4/c1-4-12(21)9-5-6-11-10(7-9)15(2,3)13(22)20(11)14(23)24-8-16(17,18)19/h5-7H,4,8H2,1-3H3. The van der Waals surface area contributed by atoms with Crippen molar-refractivity contribution in [3.63, 3.8) is 0 Å². The first-order valence-electron chi connectivity index (χ1n) is 7.25. The van der Waals surface area contributed by atoms with Crippen LogP contribution in [0.2, 0.25) is 0 Å². The van der Waals surface area contributed by atoms with Gasteiger partial charge in [0.25, 0.3) is 0 Å².